The molecule has 3 nitrogen and oxygen atoms in total. The number of methoxy groups -OCH3 is 1. The van der Waals surface area contributed by atoms with Gasteiger partial charge in [0.05, 0.1) is 13.7 Å². The Morgan fingerprint density at radius 2 is 2.29 bits per heavy atom. The predicted octanol–water partition coefficient (Wildman–Crippen LogP) is 1.19. The van der Waals surface area contributed by atoms with Crippen molar-refractivity contribution >= 4 is 5.78 Å². The van der Waals surface area contributed by atoms with Gasteiger partial charge < -0.3 is 4.74 Å². The molecule has 3 heteroatoms. The first-order valence-electron chi connectivity index (χ1n) is 4.69. The molecule has 1 aromatic rings. The van der Waals surface area contributed by atoms with Crippen LogP contribution in [0.25, 0.3) is 0 Å². The van der Waals surface area contributed by atoms with Crippen LogP contribution in [0.3, 0.4) is 0 Å². The molecule has 2 rings (SSSR count). The molecular formula is C11H13NO2. The van der Waals surface area contributed by atoms with E-state index in [0.717, 1.165) is 24.4 Å². The molecule has 0 atom stereocenters. The van der Waals surface area contributed by atoms with Gasteiger partial charge in [0.1, 0.15) is 5.75 Å². The summed E-state index contributed by atoms with van der Waals surface area (Å²) >= 11 is 0. The van der Waals surface area contributed by atoms with Gasteiger partial charge >= 0.3 is 0 Å². The molecule has 0 bridgehead atoms. The number of carbonyl (C=O) groups excluding carboxylic acids is 1. The molecule has 0 radical (unpaired) electrons. The molecule has 1 aromatic carbocycles. The first-order valence-corrected chi connectivity index (χ1v) is 4.69. The van der Waals surface area contributed by atoms with E-state index in [1.807, 2.05) is 18.2 Å². The SMILES string of the molecule is COc1cccc(C(=O)CN2CC2)c1. The van der Waals surface area contributed by atoms with Crippen LogP contribution in [0.15, 0.2) is 24.3 Å². The van der Waals surface area contributed by atoms with Gasteiger partial charge in [0.25, 0.3) is 0 Å². The van der Waals surface area contributed by atoms with Gasteiger partial charge in [-0.3, -0.25) is 9.69 Å². The molecule has 74 valence electrons. The summed E-state index contributed by atoms with van der Waals surface area (Å²) in [5, 5.41) is 0. The van der Waals surface area contributed by atoms with Crippen LogP contribution in [0, 0.1) is 0 Å². The van der Waals surface area contributed by atoms with Gasteiger partial charge in [0.15, 0.2) is 5.78 Å². The van der Waals surface area contributed by atoms with Gasteiger partial charge in [-0.2, -0.15) is 0 Å². The lowest BCUT2D eigenvalue weighted by molar-refractivity contribution is 0.0974. The fourth-order valence-electron chi connectivity index (χ4n) is 1.32. The third-order valence-corrected chi connectivity index (χ3v) is 2.30. The second-order valence-electron chi connectivity index (χ2n) is 3.43. The third-order valence-electron chi connectivity index (χ3n) is 2.30. The lowest BCUT2D eigenvalue weighted by Gasteiger charge is -2.03. The summed E-state index contributed by atoms with van der Waals surface area (Å²) in [7, 11) is 1.61. The molecule has 0 unspecified atom stereocenters. The molecule has 1 saturated heterocycles. The van der Waals surface area contributed by atoms with Gasteiger partial charge in [-0.05, 0) is 12.1 Å². The Balaban J connectivity index is 2.09. The van der Waals surface area contributed by atoms with Crippen molar-refractivity contribution in [3.05, 3.63) is 29.8 Å². The zero-order chi connectivity index (χ0) is 9.97. The Morgan fingerprint density at radius 1 is 1.50 bits per heavy atom. The molecule has 0 spiro atoms. The highest BCUT2D eigenvalue weighted by molar-refractivity contribution is 5.98. The van der Waals surface area contributed by atoms with Crippen LogP contribution in [-0.2, 0) is 0 Å². The van der Waals surface area contributed by atoms with E-state index < -0.39 is 0 Å². The second-order valence-corrected chi connectivity index (χ2v) is 3.43. The van der Waals surface area contributed by atoms with Gasteiger partial charge in [-0.1, -0.05) is 12.1 Å². The fraction of sp³-hybridized carbons (Fsp3) is 0.364. The number of Topliss-reactive ketones (excluding diaryl/α,β-unsaturated/α-hetero) is 1. The Hall–Kier alpha value is -1.35. The van der Waals surface area contributed by atoms with Gasteiger partial charge in [0.2, 0.25) is 0 Å². The minimum Gasteiger partial charge on any atom is -0.497 e. The molecule has 0 aliphatic carbocycles. The number of nitrogens with zero attached hydrogens (tertiary/aromatic N) is 1. The predicted molar refractivity (Wildman–Crippen MR) is 53.8 cm³/mol. The molecule has 1 fully saturated rings. The molecule has 1 heterocycles. The molecule has 0 amide bonds. The molecule has 0 saturated carbocycles. The number of carbonyl (C=O) groups is 1. The van der Waals surface area contributed by atoms with Gasteiger partial charge in [-0.25, -0.2) is 0 Å². The Labute approximate surface area is 83.3 Å². The van der Waals surface area contributed by atoms with Crippen LogP contribution in [0.5, 0.6) is 5.75 Å². The maximum absolute atomic E-state index is 11.7. The average Bonchev–Trinajstić information content (AvgIpc) is 3.02. The summed E-state index contributed by atoms with van der Waals surface area (Å²) in [6.45, 7) is 2.64. The first kappa shape index (κ1) is 9.21. The molecular weight excluding hydrogens is 178 g/mol. The van der Waals surface area contributed by atoms with Crippen molar-refractivity contribution in [2.24, 2.45) is 0 Å². The van der Waals surface area contributed by atoms with Gasteiger partial charge in [-0.15, -0.1) is 0 Å². The van der Waals surface area contributed by atoms with Crippen LogP contribution in [-0.4, -0.2) is 37.4 Å². The maximum atomic E-state index is 11.7. The molecule has 14 heavy (non-hydrogen) atoms. The van der Waals surface area contributed by atoms with E-state index in [4.69, 9.17) is 4.74 Å². The van der Waals surface area contributed by atoms with Crippen molar-refractivity contribution in [1.82, 2.24) is 4.90 Å². The molecule has 1 aliphatic heterocycles. The zero-order valence-corrected chi connectivity index (χ0v) is 8.19. The van der Waals surface area contributed by atoms with Crippen LogP contribution in [0.1, 0.15) is 10.4 Å². The standard InChI is InChI=1S/C11H13NO2/c1-14-10-4-2-3-9(7-10)11(13)8-12-5-6-12/h2-4,7H,5-6,8H2,1H3. The molecule has 0 aromatic heterocycles. The van der Waals surface area contributed by atoms with Crippen LogP contribution in [0.4, 0.5) is 0 Å². The summed E-state index contributed by atoms with van der Waals surface area (Å²) in [5.74, 6) is 0.906. The van der Waals surface area contributed by atoms with Crippen molar-refractivity contribution in [1.29, 1.82) is 0 Å². The normalized spacial score (nSPS) is 15.2. The van der Waals surface area contributed by atoms with E-state index in [9.17, 15) is 4.79 Å². The summed E-state index contributed by atoms with van der Waals surface area (Å²) in [5.41, 5.74) is 0.733. The quantitative estimate of drug-likeness (QED) is 0.529. The van der Waals surface area contributed by atoms with Gasteiger partial charge in [0, 0.05) is 18.7 Å². The Kier molecular flexibility index (Phi) is 2.50. The fourth-order valence-corrected chi connectivity index (χ4v) is 1.32. The Bertz CT molecular complexity index is 345. The smallest absolute Gasteiger partial charge is 0.176 e. The number of benzene rings is 1. The molecule has 0 N–H and O–H groups in total. The minimum absolute atomic E-state index is 0.168. The van der Waals surface area contributed by atoms with E-state index in [-0.39, 0.29) is 5.78 Å². The van der Waals surface area contributed by atoms with Crippen LogP contribution in [0.2, 0.25) is 0 Å². The average molecular weight is 191 g/mol. The largest absolute Gasteiger partial charge is 0.497 e. The number of ketones is 1. The highest BCUT2D eigenvalue weighted by Crippen LogP contribution is 2.14. The number of hydrogen-bond donors (Lipinski definition) is 0. The Morgan fingerprint density at radius 3 is 2.93 bits per heavy atom. The number of rotatable bonds is 4. The topological polar surface area (TPSA) is 29.3 Å². The van der Waals surface area contributed by atoms with Crippen LogP contribution >= 0.6 is 0 Å². The second kappa shape index (κ2) is 3.80. The molecule has 1 aliphatic rings. The number of hydrogen-bond acceptors (Lipinski definition) is 3. The van der Waals surface area contributed by atoms with Crippen molar-refractivity contribution in [3.8, 4) is 5.75 Å². The monoisotopic (exact) mass is 191 g/mol. The van der Waals surface area contributed by atoms with Crippen molar-refractivity contribution < 1.29 is 9.53 Å². The van der Waals surface area contributed by atoms with Crippen molar-refractivity contribution in [2.45, 2.75) is 0 Å². The van der Waals surface area contributed by atoms with Crippen LogP contribution < -0.4 is 4.74 Å². The third kappa shape index (κ3) is 2.12. The van der Waals surface area contributed by atoms with Crippen molar-refractivity contribution in [3.63, 3.8) is 0 Å². The lowest BCUT2D eigenvalue weighted by Crippen LogP contribution is -2.12. The highest BCUT2D eigenvalue weighted by Gasteiger charge is 2.21. The summed E-state index contributed by atoms with van der Waals surface area (Å²) < 4.78 is 5.06. The van der Waals surface area contributed by atoms with E-state index in [1.165, 1.54) is 0 Å². The highest BCUT2D eigenvalue weighted by atomic mass is 16.5. The van der Waals surface area contributed by atoms with E-state index in [2.05, 4.69) is 4.90 Å². The maximum Gasteiger partial charge on any atom is 0.176 e. The summed E-state index contributed by atoms with van der Waals surface area (Å²) in [6.07, 6.45) is 0. The minimum atomic E-state index is 0.168. The summed E-state index contributed by atoms with van der Waals surface area (Å²) in [4.78, 5) is 13.8. The van der Waals surface area contributed by atoms with Crippen molar-refractivity contribution in [2.75, 3.05) is 26.7 Å². The zero-order valence-electron chi connectivity index (χ0n) is 8.19. The lowest BCUT2D eigenvalue weighted by atomic mass is 10.1. The number of ether oxygens (including phenoxy) is 1. The summed E-state index contributed by atoms with van der Waals surface area (Å²) in [6, 6.07) is 7.29. The van der Waals surface area contributed by atoms with E-state index in [0.29, 0.717) is 6.54 Å². The first-order chi connectivity index (χ1) is 6.79. The van der Waals surface area contributed by atoms with E-state index >= 15 is 0 Å². The van der Waals surface area contributed by atoms with E-state index in [1.54, 1.807) is 13.2 Å².